The lowest BCUT2D eigenvalue weighted by atomic mass is 9.35. The summed E-state index contributed by atoms with van der Waals surface area (Å²) >= 11 is 6.58. The van der Waals surface area contributed by atoms with Crippen LogP contribution in [-0.2, 0) is 7.05 Å². The first kappa shape index (κ1) is 17.1. The fraction of sp³-hybridized carbons (Fsp3) is 0.389. The third-order valence-corrected chi connectivity index (χ3v) is 5.77. The van der Waals surface area contributed by atoms with E-state index in [0.717, 1.165) is 46.3 Å². The summed E-state index contributed by atoms with van der Waals surface area (Å²) in [7, 11) is 1.88. The fourth-order valence-corrected chi connectivity index (χ4v) is 4.34. The van der Waals surface area contributed by atoms with Crippen LogP contribution in [0.15, 0.2) is 30.7 Å². The number of benzene rings is 1. The zero-order valence-corrected chi connectivity index (χ0v) is 15.3. The van der Waals surface area contributed by atoms with Gasteiger partial charge in [0, 0.05) is 30.0 Å². The van der Waals surface area contributed by atoms with Gasteiger partial charge in [0.25, 0.3) is 6.71 Å². The summed E-state index contributed by atoms with van der Waals surface area (Å²) in [5.41, 5.74) is 2.96. The second kappa shape index (κ2) is 6.78. The third kappa shape index (κ3) is 2.89. The molecule has 0 bridgehead atoms. The van der Waals surface area contributed by atoms with Crippen molar-refractivity contribution in [3.63, 3.8) is 0 Å². The van der Waals surface area contributed by atoms with Gasteiger partial charge in [-0.3, -0.25) is 4.68 Å². The van der Waals surface area contributed by atoms with Gasteiger partial charge in [0.15, 0.2) is 0 Å². The molecule has 1 aliphatic heterocycles. The number of hydrogen-bond acceptors (Lipinski definition) is 4. The average Bonchev–Trinajstić information content (AvgIpc) is 3.25. The summed E-state index contributed by atoms with van der Waals surface area (Å²) in [6, 6.07) is 4.06. The second-order valence-corrected chi connectivity index (χ2v) is 7.46. The van der Waals surface area contributed by atoms with Crippen LogP contribution >= 0.6 is 11.6 Å². The third-order valence-electron chi connectivity index (χ3n) is 5.44. The number of nitriles is 1. The molecule has 2 aromatic heterocycles. The molecule has 1 aliphatic rings. The van der Waals surface area contributed by atoms with Crippen LogP contribution in [0.1, 0.15) is 24.3 Å². The van der Waals surface area contributed by atoms with E-state index < -0.39 is 0 Å². The van der Waals surface area contributed by atoms with Crippen LogP contribution in [0.25, 0.3) is 16.6 Å². The normalized spacial score (nSPS) is 20.5. The van der Waals surface area contributed by atoms with E-state index in [4.69, 9.17) is 11.6 Å². The minimum Gasteiger partial charge on any atom is -0.397 e. The van der Waals surface area contributed by atoms with Crippen LogP contribution in [0, 0.1) is 11.2 Å². The number of aromatic nitrogens is 4. The van der Waals surface area contributed by atoms with Gasteiger partial charge in [-0.2, -0.15) is 10.2 Å². The van der Waals surface area contributed by atoms with Crippen molar-refractivity contribution in [3.8, 4) is 11.7 Å². The highest BCUT2D eigenvalue weighted by Crippen LogP contribution is 2.42. The number of nitrogens with zero attached hydrogens (tertiary/aromatic N) is 5. The zero-order valence-electron chi connectivity index (χ0n) is 14.5. The Balaban J connectivity index is 1.74. The summed E-state index contributed by atoms with van der Waals surface area (Å²) < 4.78 is 3.61. The topological polar surface area (TPSA) is 79.7 Å². The van der Waals surface area contributed by atoms with Gasteiger partial charge in [0.2, 0.25) is 0 Å². The van der Waals surface area contributed by atoms with Gasteiger partial charge < -0.3 is 5.11 Å². The van der Waals surface area contributed by atoms with Gasteiger partial charge in [-0.25, -0.2) is 9.94 Å². The van der Waals surface area contributed by atoms with Crippen molar-refractivity contribution in [2.45, 2.75) is 30.9 Å². The first-order valence-corrected chi connectivity index (χ1v) is 9.15. The van der Waals surface area contributed by atoms with Crippen LogP contribution in [-0.4, -0.2) is 38.0 Å². The minimum absolute atomic E-state index is 0.00810. The molecule has 1 aromatic carbocycles. The summed E-state index contributed by atoms with van der Waals surface area (Å²) in [6.07, 6.45) is 7.98. The van der Waals surface area contributed by atoms with E-state index in [1.54, 1.807) is 17.1 Å². The number of aliphatic hydroxyl groups excluding tert-OH is 1. The zero-order chi connectivity index (χ0) is 18.3. The lowest BCUT2D eigenvalue weighted by Crippen LogP contribution is -2.29. The fourth-order valence-electron chi connectivity index (χ4n) is 4.02. The molecule has 0 aliphatic carbocycles. The predicted molar refractivity (Wildman–Crippen MR) is 102 cm³/mol. The molecule has 26 heavy (non-hydrogen) atoms. The summed E-state index contributed by atoms with van der Waals surface area (Å²) in [5.74, 6) is 2.58. The smallest absolute Gasteiger partial charge is 0.273 e. The number of halogens is 1. The van der Waals surface area contributed by atoms with Crippen LogP contribution in [0.3, 0.4) is 0 Å². The molecule has 0 amide bonds. The van der Waals surface area contributed by atoms with Crippen LogP contribution < -0.4 is 0 Å². The second-order valence-electron chi connectivity index (χ2n) is 7.05. The largest absolute Gasteiger partial charge is 0.397 e. The Labute approximate surface area is 157 Å². The van der Waals surface area contributed by atoms with Crippen molar-refractivity contribution < 1.29 is 5.11 Å². The molecule has 0 saturated carbocycles. The molecule has 132 valence electrons. The monoisotopic (exact) mass is 367 g/mol. The van der Waals surface area contributed by atoms with E-state index in [9.17, 15) is 10.4 Å². The molecule has 0 spiro atoms. The molecule has 8 heteroatoms. The number of rotatable bonds is 3. The first-order valence-electron chi connectivity index (χ1n) is 8.77. The number of aryl methyl sites for hydroxylation is 1. The van der Waals surface area contributed by atoms with Gasteiger partial charge >= 0.3 is 0 Å². The molecule has 3 aromatic rings. The summed E-state index contributed by atoms with van der Waals surface area (Å²) in [6.45, 7) is -0.0259. The molecule has 6 nitrogen and oxygen atoms in total. The maximum Gasteiger partial charge on any atom is 0.273 e. The standard InChI is InChI=1S/C18H19BClN5O/c1-24-9-15(8-22-24)25-18-6-16(17(20)5-13(18)7-23-25)12-2-3-19(11-21)14(4-12)10-26/h5-9,12,14,26H,2-4,10H2,1H3. The Hall–Kier alpha value is -2.30. The molecular weight excluding hydrogens is 348 g/mol. The average molecular weight is 368 g/mol. The lowest BCUT2D eigenvalue weighted by Gasteiger charge is -2.30. The molecular formula is C18H19BClN5O. The van der Waals surface area contributed by atoms with Crippen LogP contribution in [0.5, 0.6) is 0 Å². The highest BCUT2D eigenvalue weighted by Gasteiger charge is 2.35. The number of fused-ring (bicyclic) bond motifs is 1. The van der Waals surface area contributed by atoms with Crippen molar-refractivity contribution >= 4 is 29.2 Å². The van der Waals surface area contributed by atoms with Crippen molar-refractivity contribution in [2.75, 3.05) is 6.61 Å². The van der Waals surface area contributed by atoms with Gasteiger partial charge in [0.05, 0.1) is 24.1 Å². The molecule has 0 radical (unpaired) electrons. The summed E-state index contributed by atoms with van der Waals surface area (Å²) in [4.78, 5) is 0. The van der Waals surface area contributed by atoms with Gasteiger partial charge in [0.1, 0.15) is 5.69 Å². The van der Waals surface area contributed by atoms with Crippen molar-refractivity contribution in [2.24, 2.45) is 7.05 Å². The van der Waals surface area contributed by atoms with E-state index >= 15 is 0 Å². The van der Waals surface area contributed by atoms with E-state index in [0.29, 0.717) is 0 Å². The van der Waals surface area contributed by atoms with Crippen LogP contribution in [0.2, 0.25) is 17.2 Å². The van der Waals surface area contributed by atoms with Crippen molar-refractivity contribution in [1.29, 1.82) is 5.26 Å². The highest BCUT2D eigenvalue weighted by molar-refractivity contribution is 6.68. The Bertz CT molecular complexity index is 991. The number of hydrogen-bond donors (Lipinski definition) is 1. The maximum atomic E-state index is 9.65. The van der Waals surface area contributed by atoms with Gasteiger partial charge in [-0.15, -0.1) is 0 Å². The van der Waals surface area contributed by atoms with E-state index in [-0.39, 0.29) is 25.1 Å². The Kier molecular flexibility index (Phi) is 4.47. The molecule has 2 atom stereocenters. The van der Waals surface area contributed by atoms with Crippen molar-refractivity contribution in [3.05, 3.63) is 41.3 Å². The predicted octanol–water partition coefficient (Wildman–Crippen LogP) is 3.21. The SMILES string of the molecule is Cn1cc(-n2ncc3cc(Cl)c(C4CCB(C#N)C(CO)C4)cc32)cn1. The van der Waals surface area contributed by atoms with Crippen molar-refractivity contribution in [1.82, 2.24) is 19.6 Å². The molecule has 1 fully saturated rings. The summed E-state index contributed by atoms with van der Waals surface area (Å²) in [5, 5.41) is 29.3. The molecule has 1 N–H and O–H groups in total. The Morgan fingerprint density at radius 2 is 2.23 bits per heavy atom. The maximum absolute atomic E-state index is 9.65. The van der Waals surface area contributed by atoms with Gasteiger partial charge in [-0.05, 0) is 35.9 Å². The van der Waals surface area contributed by atoms with E-state index in [1.165, 1.54) is 0 Å². The molecule has 3 heterocycles. The first-order chi connectivity index (χ1) is 12.6. The lowest BCUT2D eigenvalue weighted by molar-refractivity contribution is 0.273. The Morgan fingerprint density at radius 3 is 2.92 bits per heavy atom. The molecule has 4 rings (SSSR count). The van der Waals surface area contributed by atoms with E-state index in [1.807, 2.05) is 24.0 Å². The van der Waals surface area contributed by atoms with Crippen LogP contribution in [0.4, 0.5) is 0 Å². The Morgan fingerprint density at radius 1 is 1.38 bits per heavy atom. The van der Waals surface area contributed by atoms with E-state index in [2.05, 4.69) is 22.2 Å². The molecule has 2 unspecified atom stereocenters. The van der Waals surface area contributed by atoms with Gasteiger partial charge in [-0.1, -0.05) is 24.3 Å². The number of aliphatic hydroxyl groups is 1. The minimum atomic E-state index is -0.0697. The quantitative estimate of drug-likeness (QED) is 0.721. The molecule has 1 saturated heterocycles. The highest BCUT2D eigenvalue weighted by atomic mass is 35.5.